The summed E-state index contributed by atoms with van der Waals surface area (Å²) in [5, 5.41) is 3.30. The number of amides is 1. The van der Waals surface area contributed by atoms with Crippen molar-refractivity contribution >= 4 is 39.0 Å². The molecule has 0 fully saturated rings. The first-order valence-corrected chi connectivity index (χ1v) is 11.8. The second kappa shape index (κ2) is 10.6. The zero-order valence-corrected chi connectivity index (χ0v) is 20.5. The number of nitrogens with one attached hydrogen (secondary N) is 2. The van der Waals surface area contributed by atoms with Crippen LogP contribution in [0.4, 0.5) is 11.5 Å². The maximum Gasteiger partial charge on any atom is 0.321 e. The summed E-state index contributed by atoms with van der Waals surface area (Å²) in [4.78, 5) is 20.1. The predicted octanol–water partition coefficient (Wildman–Crippen LogP) is 3.58. The van der Waals surface area contributed by atoms with Crippen LogP contribution < -0.4 is 24.2 Å². The summed E-state index contributed by atoms with van der Waals surface area (Å²) in [6.45, 7) is 3.48. The normalized spacial score (nSPS) is 11.0. The summed E-state index contributed by atoms with van der Waals surface area (Å²) in [7, 11) is -1.23. The number of nitrogens with zero attached hydrogens (tertiary/aromatic N) is 2. The van der Waals surface area contributed by atoms with Crippen molar-refractivity contribution in [3.63, 3.8) is 0 Å². The fourth-order valence-electron chi connectivity index (χ4n) is 2.90. The Balaban J connectivity index is 1.63. The Hall–Kier alpha value is -3.57. The number of rotatable bonds is 9. The van der Waals surface area contributed by atoms with E-state index in [-0.39, 0.29) is 29.2 Å². The van der Waals surface area contributed by atoms with E-state index in [1.807, 2.05) is 13.8 Å². The van der Waals surface area contributed by atoms with E-state index in [9.17, 15) is 13.2 Å². The van der Waals surface area contributed by atoms with Crippen LogP contribution in [0.15, 0.2) is 47.4 Å². The van der Waals surface area contributed by atoms with Gasteiger partial charge in [-0.2, -0.15) is 9.97 Å². The van der Waals surface area contributed by atoms with E-state index >= 15 is 0 Å². The Bertz CT molecular complexity index is 1250. The van der Waals surface area contributed by atoms with Gasteiger partial charge in [-0.15, -0.1) is 0 Å². The Morgan fingerprint density at radius 2 is 1.65 bits per heavy atom. The number of hydrogen-bond donors (Lipinski definition) is 2. The quantitative estimate of drug-likeness (QED) is 0.450. The van der Waals surface area contributed by atoms with E-state index in [0.717, 1.165) is 11.1 Å². The highest BCUT2D eigenvalue weighted by molar-refractivity contribution is 7.92. The molecule has 0 unspecified atom stereocenters. The number of anilines is 2. The van der Waals surface area contributed by atoms with Gasteiger partial charge >= 0.3 is 6.01 Å². The molecule has 1 aromatic heterocycles. The van der Waals surface area contributed by atoms with Crippen LogP contribution in [0.25, 0.3) is 0 Å². The zero-order chi connectivity index (χ0) is 24.9. The maximum atomic E-state index is 12.7. The molecule has 2 N–H and O–H groups in total. The smallest absolute Gasteiger partial charge is 0.321 e. The third kappa shape index (κ3) is 6.27. The van der Waals surface area contributed by atoms with Crippen LogP contribution in [-0.4, -0.2) is 45.1 Å². The summed E-state index contributed by atoms with van der Waals surface area (Å²) in [5.41, 5.74) is 2.10. The van der Waals surface area contributed by atoms with Gasteiger partial charge in [-0.25, -0.2) is 8.42 Å². The summed E-state index contributed by atoms with van der Waals surface area (Å²) < 4.78 is 43.2. The molecule has 0 aliphatic heterocycles. The van der Waals surface area contributed by atoms with E-state index in [2.05, 4.69) is 20.0 Å². The third-order valence-electron chi connectivity index (χ3n) is 4.54. The van der Waals surface area contributed by atoms with Gasteiger partial charge in [0, 0.05) is 16.8 Å². The van der Waals surface area contributed by atoms with Crippen LogP contribution in [0.5, 0.6) is 17.6 Å². The van der Waals surface area contributed by atoms with Gasteiger partial charge in [-0.1, -0.05) is 11.6 Å². The van der Waals surface area contributed by atoms with Crippen molar-refractivity contribution in [2.75, 3.05) is 30.9 Å². The van der Waals surface area contributed by atoms with Crippen molar-refractivity contribution in [1.29, 1.82) is 0 Å². The molecule has 0 saturated heterocycles. The molecule has 0 radical (unpaired) electrons. The standard InChI is InChI=1S/C22H23ClN4O6S/c1-13-9-16(10-14(2)21(13)23)33-12-19(28)24-15-5-7-17(8-6-15)34(29,30)27-18-11-20(31-3)26-22(25-18)32-4/h5-11H,12H2,1-4H3,(H,24,28)(H,25,26,27). The van der Waals surface area contributed by atoms with Crippen molar-refractivity contribution < 1.29 is 27.4 Å². The van der Waals surface area contributed by atoms with Gasteiger partial charge < -0.3 is 19.5 Å². The molecule has 34 heavy (non-hydrogen) atoms. The molecule has 0 aliphatic carbocycles. The van der Waals surface area contributed by atoms with Gasteiger partial charge in [0.15, 0.2) is 12.4 Å². The van der Waals surface area contributed by atoms with Crippen LogP contribution in [0.2, 0.25) is 5.02 Å². The number of carbonyl (C=O) groups excluding carboxylic acids is 1. The zero-order valence-electron chi connectivity index (χ0n) is 18.9. The monoisotopic (exact) mass is 506 g/mol. The number of hydrogen-bond acceptors (Lipinski definition) is 8. The van der Waals surface area contributed by atoms with E-state index in [1.165, 1.54) is 44.6 Å². The minimum absolute atomic E-state index is 0.0223. The maximum absolute atomic E-state index is 12.7. The fourth-order valence-corrected chi connectivity index (χ4v) is 4.00. The lowest BCUT2D eigenvalue weighted by Crippen LogP contribution is -2.20. The molecule has 0 aliphatic rings. The minimum atomic E-state index is -3.97. The molecule has 2 aromatic carbocycles. The third-order valence-corrected chi connectivity index (χ3v) is 6.51. The van der Waals surface area contributed by atoms with Gasteiger partial charge in [0.25, 0.3) is 15.9 Å². The van der Waals surface area contributed by atoms with E-state index in [4.69, 9.17) is 25.8 Å². The van der Waals surface area contributed by atoms with Gasteiger partial charge in [0.1, 0.15) is 5.75 Å². The van der Waals surface area contributed by atoms with Crippen molar-refractivity contribution in [2.45, 2.75) is 18.7 Å². The van der Waals surface area contributed by atoms with Gasteiger partial charge in [0.2, 0.25) is 5.88 Å². The molecule has 3 aromatic rings. The average Bonchev–Trinajstić information content (AvgIpc) is 2.80. The Kier molecular flexibility index (Phi) is 7.79. The van der Waals surface area contributed by atoms with Gasteiger partial charge in [-0.05, 0) is 61.4 Å². The lowest BCUT2D eigenvalue weighted by Gasteiger charge is -2.11. The molecule has 0 bridgehead atoms. The Labute approximate surface area is 202 Å². The predicted molar refractivity (Wildman–Crippen MR) is 127 cm³/mol. The number of benzene rings is 2. The first kappa shape index (κ1) is 25.1. The number of carbonyl (C=O) groups is 1. The SMILES string of the molecule is COc1cc(NS(=O)(=O)c2ccc(NC(=O)COc3cc(C)c(Cl)c(C)c3)cc2)nc(OC)n1. The van der Waals surface area contributed by atoms with Crippen LogP contribution in [0, 0.1) is 13.8 Å². The van der Waals surface area contributed by atoms with Gasteiger partial charge in [-0.3, -0.25) is 9.52 Å². The first-order chi connectivity index (χ1) is 16.1. The summed E-state index contributed by atoms with van der Waals surface area (Å²) in [6.07, 6.45) is 0. The molecule has 0 spiro atoms. The second-order valence-electron chi connectivity index (χ2n) is 7.12. The van der Waals surface area contributed by atoms with E-state index < -0.39 is 15.9 Å². The highest BCUT2D eigenvalue weighted by Crippen LogP contribution is 2.26. The molecule has 0 saturated carbocycles. The molecular weight excluding hydrogens is 484 g/mol. The summed E-state index contributed by atoms with van der Waals surface area (Å²) in [5.74, 6) is 0.235. The summed E-state index contributed by atoms with van der Waals surface area (Å²) >= 11 is 6.14. The number of ether oxygens (including phenoxy) is 3. The van der Waals surface area contributed by atoms with Crippen LogP contribution in [0.3, 0.4) is 0 Å². The van der Waals surface area contributed by atoms with E-state index in [1.54, 1.807) is 12.1 Å². The Morgan fingerprint density at radius 3 is 2.24 bits per heavy atom. The number of methoxy groups -OCH3 is 2. The molecule has 0 atom stereocenters. The topological polar surface area (TPSA) is 129 Å². The van der Waals surface area contributed by atoms with E-state index in [0.29, 0.717) is 16.5 Å². The van der Waals surface area contributed by atoms with Crippen molar-refractivity contribution in [3.05, 3.63) is 58.6 Å². The number of sulfonamides is 1. The molecule has 3 rings (SSSR count). The average molecular weight is 507 g/mol. The largest absolute Gasteiger partial charge is 0.484 e. The second-order valence-corrected chi connectivity index (χ2v) is 9.18. The molecular formula is C22H23ClN4O6S. The minimum Gasteiger partial charge on any atom is -0.484 e. The highest BCUT2D eigenvalue weighted by atomic mass is 35.5. The molecule has 1 amide bonds. The van der Waals surface area contributed by atoms with Gasteiger partial charge in [0.05, 0.1) is 19.1 Å². The van der Waals surface area contributed by atoms with Crippen LogP contribution in [0.1, 0.15) is 11.1 Å². The summed E-state index contributed by atoms with van der Waals surface area (Å²) in [6, 6.07) is 10.4. The number of halogens is 1. The van der Waals surface area contributed by atoms with Crippen LogP contribution >= 0.6 is 11.6 Å². The van der Waals surface area contributed by atoms with Crippen molar-refractivity contribution in [2.24, 2.45) is 0 Å². The first-order valence-electron chi connectivity index (χ1n) is 9.90. The Morgan fingerprint density at radius 1 is 1.00 bits per heavy atom. The molecule has 10 nitrogen and oxygen atoms in total. The molecule has 12 heteroatoms. The highest BCUT2D eigenvalue weighted by Gasteiger charge is 2.17. The van der Waals surface area contributed by atoms with Crippen molar-refractivity contribution in [3.8, 4) is 17.6 Å². The molecule has 180 valence electrons. The molecule has 1 heterocycles. The van der Waals surface area contributed by atoms with Crippen LogP contribution in [-0.2, 0) is 14.8 Å². The fraction of sp³-hybridized carbons (Fsp3) is 0.227. The lowest BCUT2D eigenvalue weighted by atomic mass is 10.1. The van der Waals surface area contributed by atoms with Crippen molar-refractivity contribution in [1.82, 2.24) is 9.97 Å². The lowest BCUT2D eigenvalue weighted by molar-refractivity contribution is -0.118. The number of aryl methyl sites for hydroxylation is 2. The number of aromatic nitrogens is 2.